The van der Waals surface area contributed by atoms with Crippen LogP contribution in [0, 0.1) is 13.8 Å². The number of hydrogen-bond donors (Lipinski definition) is 2. The summed E-state index contributed by atoms with van der Waals surface area (Å²) in [6, 6.07) is 20.9. The molecule has 164 valence electrons. The maximum atomic E-state index is 10.2. The van der Waals surface area contributed by atoms with Crippen LogP contribution in [0.25, 0.3) is 33.9 Å². The quantitative estimate of drug-likeness (QED) is 0.419. The number of H-pyrrole nitrogens is 1. The van der Waals surface area contributed by atoms with Crippen LogP contribution in [0.1, 0.15) is 11.1 Å². The maximum Gasteiger partial charge on any atom is 0.138 e. The number of anilines is 2. The SMILES string of the molecule is Cc1cc(-c2nc(-c3ccc(N(C)C)cc3)c(-c3ccc(N(C)C)cc3)[nH]2)cc(C)c1O. The molecule has 0 radical (unpaired) electrons. The summed E-state index contributed by atoms with van der Waals surface area (Å²) in [6.45, 7) is 3.83. The fraction of sp³-hybridized carbons (Fsp3) is 0.222. The number of phenolic OH excluding ortho intramolecular Hbond substituents is 1. The Morgan fingerprint density at radius 2 is 1.16 bits per heavy atom. The molecular weight excluding hydrogens is 396 g/mol. The van der Waals surface area contributed by atoms with Crippen molar-refractivity contribution in [3.63, 3.8) is 0 Å². The fourth-order valence-corrected chi connectivity index (χ4v) is 3.86. The molecule has 0 aliphatic rings. The van der Waals surface area contributed by atoms with Crippen molar-refractivity contribution in [2.24, 2.45) is 0 Å². The Hall–Kier alpha value is -3.73. The van der Waals surface area contributed by atoms with Gasteiger partial charge in [0.1, 0.15) is 11.6 Å². The average molecular weight is 427 g/mol. The fourth-order valence-electron chi connectivity index (χ4n) is 3.86. The molecule has 0 atom stereocenters. The lowest BCUT2D eigenvalue weighted by molar-refractivity contribution is 0.467. The molecule has 0 saturated heterocycles. The zero-order valence-electron chi connectivity index (χ0n) is 19.6. The largest absolute Gasteiger partial charge is 0.507 e. The third kappa shape index (κ3) is 4.06. The molecule has 0 aliphatic carbocycles. The number of aromatic hydroxyl groups is 1. The standard InChI is InChI=1S/C27H30N4O/c1-17-15-21(16-18(2)26(17)32)27-28-24(19-7-11-22(12-8-19)30(3)4)25(29-27)20-9-13-23(14-10-20)31(5)6/h7-16,32H,1-6H3,(H,28,29). The number of rotatable bonds is 5. The second kappa shape index (κ2) is 8.42. The summed E-state index contributed by atoms with van der Waals surface area (Å²) in [5, 5.41) is 10.2. The van der Waals surface area contributed by atoms with E-state index in [1.54, 1.807) is 0 Å². The van der Waals surface area contributed by atoms with Crippen LogP contribution in [0.2, 0.25) is 0 Å². The molecule has 5 heteroatoms. The smallest absolute Gasteiger partial charge is 0.138 e. The van der Waals surface area contributed by atoms with Crippen LogP contribution in [0.15, 0.2) is 60.7 Å². The van der Waals surface area contributed by atoms with Crippen molar-refractivity contribution in [2.75, 3.05) is 38.0 Å². The molecule has 4 aromatic rings. The molecule has 2 N–H and O–H groups in total. The number of nitrogens with one attached hydrogen (secondary N) is 1. The van der Waals surface area contributed by atoms with Crippen LogP contribution in [0.4, 0.5) is 11.4 Å². The highest BCUT2D eigenvalue weighted by molar-refractivity contribution is 5.82. The predicted octanol–water partition coefficient (Wildman–Crippen LogP) is 5.87. The van der Waals surface area contributed by atoms with Gasteiger partial charge in [0.15, 0.2) is 0 Å². The third-order valence-corrected chi connectivity index (χ3v) is 5.80. The zero-order chi connectivity index (χ0) is 23.0. The average Bonchev–Trinajstić information content (AvgIpc) is 3.22. The molecule has 0 bridgehead atoms. The normalized spacial score (nSPS) is 10.9. The zero-order valence-corrected chi connectivity index (χ0v) is 19.6. The molecule has 3 aromatic carbocycles. The topological polar surface area (TPSA) is 55.4 Å². The van der Waals surface area contributed by atoms with E-state index < -0.39 is 0 Å². The van der Waals surface area contributed by atoms with E-state index in [-0.39, 0.29) is 0 Å². The maximum absolute atomic E-state index is 10.2. The molecule has 1 aromatic heterocycles. The van der Waals surface area contributed by atoms with Crippen molar-refractivity contribution in [3.8, 4) is 39.7 Å². The number of nitrogens with zero attached hydrogens (tertiary/aromatic N) is 3. The van der Waals surface area contributed by atoms with Crippen LogP contribution in [-0.4, -0.2) is 43.3 Å². The second-order valence-corrected chi connectivity index (χ2v) is 8.65. The number of hydrogen-bond acceptors (Lipinski definition) is 4. The molecule has 0 fully saturated rings. The lowest BCUT2D eigenvalue weighted by atomic mass is 10.0. The van der Waals surface area contributed by atoms with Crippen molar-refractivity contribution in [3.05, 3.63) is 71.8 Å². The molecule has 4 rings (SSSR count). The van der Waals surface area contributed by atoms with Crippen molar-refractivity contribution in [2.45, 2.75) is 13.8 Å². The molecule has 0 amide bonds. The first kappa shape index (κ1) is 21.5. The molecule has 1 heterocycles. The molecule has 0 unspecified atom stereocenters. The van der Waals surface area contributed by atoms with Gasteiger partial charge in [-0.3, -0.25) is 0 Å². The number of imidazole rings is 1. The van der Waals surface area contributed by atoms with Gasteiger partial charge in [-0.25, -0.2) is 4.98 Å². The Morgan fingerprint density at radius 3 is 1.62 bits per heavy atom. The number of aromatic nitrogens is 2. The highest BCUT2D eigenvalue weighted by Gasteiger charge is 2.17. The number of aryl methyl sites for hydroxylation is 2. The van der Waals surface area contributed by atoms with Gasteiger partial charge in [0.25, 0.3) is 0 Å². The number of aromatic amines is 1. The minimum atomic E-state index is 0.333. The molecule has 0 spiro atoms. The summed E-state index contributed by atoms with van der Waals surface area (Å²) in [7, 11) is 8.15. The van der Waals surface area contributed by atoms with Crippen molar-refractivity contribution in [1.29, 1.82) is 0 Å². The van der Waals surface area contributed by atoms with Gasteiger partial charge in [0, 0.05) is 56.3 Å². The van der Waals surface area contributed by atoms with E-state index in [0.29, 0.717) is 5.75 Å². The second-order valence-electron chi connectivity index (χ2n) is 8.65. The van der Waals surface area contributed by atoms with E-state index in [9.17, 15) is 5.11 Å². The summed E-state index contributed by atoms with van der Waals surface area (Å²) in [4.78, 5) is 12.7. The van der Waals surface area contributed by atoms with Gasteiger partial charge in [0.2, 0.25) is 0 Å². The summed E-state index contributed by atoms with van der Waals surface area (Å²) >= 11 is 0. The Labute approximate surface area is 190 Å². The van der Waals surface area contributed by atoms with E-state index >= 15 is 0 Å². The third-order valence-electron chi connectivity index (χ3n) is 5.80. The summed E-state index contributed by atoms with van der Waals surface area (Å²) in [5.74, 6) is 1.12. The van der Waals surface area contributed by atoms with Crippen LogP contribution in [0.5, 0.6) is 5.75 Å². The van der Waals surface area contributed by atoms with Gasteiger partial charge in [-0.2, -0.15) is 0 Å². The minimum Gasteiger partial charge on any atom is -0.507 e. The molecule has 5 nitrogen and oxygen atoms in total. The van der Waals surface area contributed by atoms with Crippen LogP contribution < -0.4 is 9.80 Å². The first-order chi connectivity index (χ1) is 15.2. The van der Waals surface area contributed by atoms with E-state index in [4.69, 9.17) is 4.98 Å². The van der Waals surface area contributed by atoms with Crippen LogP contribution in [0.3, 0.4) is 0 Å². The van der Waals surface area contributed by atoms with E-state index in [1.165, 1.54) is 0 Å². The van der Waals surface area contributed by atoms with Gasteiger partial charge in [-0.05, 0) is 61.4 Å². The Balaban J connectivity index is 1.86. The van der Waals surface area contributed by atoms with E-state index in [2.05, 4.69) is 63.3 Å². The number of phenols is 1. The van der Waals surface area contributed by atoms with Crippen molar-refractivity contribution < 1.29 is 5.11 Å². The first-order valence-electron chi connectivity index (χ1n) is 10.7. The highest BCUT2D eigenvalue weighted by atomic mass is 16.3. The Bertz CT molecular complexity index is 1140. The summed E-state index contributed by atoms with van der Waals surface area (Å²) in [5.41, 5.74) is 8.94. The van der Waals surface area contributed by atoms with Crippen molar-refractivity contribution >= 4 is 11.4 Å². The van der Waals surface area contributed by atoms with Gasteiger partial charge >= 0.3 is 0 Å². The lowest BCUT2D eigenvalue weighted by Gasteiger charge is -2.13. The van der Waals surface area contributed by atoms with E-state index in [1.807, 2.05) is 54.2 Å². The Morgan fingerprint density at radius 1 is 0.688 bits per heavy atom. The first-order valence-corrected chi connectivity index (χ1v) is 10.7. The van der Waals surface area contributed by atoms with Crippen LogP contribution >= 0.6 is 0 Å². The highest BCUT2D eigenvalue weighted by Crippen LogP contribution is 2.36. The van der Waals surface area contributed by atoms with Gasteiger partial charge in [-0.15, -0.1) is 0 Å². The molecule has 32 heavy (non-hydrogen) atoms. The molecule has 0 aliphatic heterocycles. The van der Waals surface area contributed by atoms with E-state index in [0.717, 1.165) is 56.4 Å². The van der Waals surface area contributed by atoms with Gasteiger partial charge in [-0.1, -0.05) is 24.3 Å². The van der Waals surface area contributed by atoms with Crippen molar-refractivity contribution in [1.82, 2.24) is 9.97 Å². The summed E-state index contributed by atoms with van der Waals surface area (Å²) < 4.78 is 0. The number of benzene rings is 3. The van der Waals surface area contributed by atoms with Gasteiger partial charge < -0.3 is 19.9 Å². The molecule has 0 saturated carbocycles. The lowest BCUT2D eigenvalue weighted by Crippen LogP contribution is -2.08. The monoisotopic (exact) mass is 426 g/mol. The van der Waals surface area contributed by atoms with Crippen LogP contribution in [-0.2, 0) is 0 Å². The molecular formula is C27H30N4O. The Kier molecular flexibility index (Phi) is 5.66. The predicted molar refractivity (Wildman–Crippen MR) is 135 cm³/mol. The summed E-state index contributed by atoms with van der Waals surface area (Å²) in [6.07, 6.45) is 0. The minimum absolute atomic E-state index is 0.333. The van der Waals surface area contributed by atoms with Gasteiger partial charge in [0.05, 0.1) is 11.4 Å².